The summed E-state index contributed by atoms with van der Waals surface area (Å²) in [6, 6.07) is 12.4. The standard InChI is InChI=1S/C23H34N2O2/c1-4-23(24,17-26)15-14-20-18(2)16-21(25(20)3)22(27)13-9-8-12-19-10-6-5-7-11-19/h5-7,10-11,16,26H,4,8-9,12-15,17,24H2,1-3H3. The number of aryl methyl sites for hydroxylation is 2. The highest BCUT2D eigenvalue weighted by atomic mass is 16.3. The average molecular weight is 371 g/mol. The molecule has 0 fully saturated rings. The van der Waals surface area contributed by atoms with Gasteiger partial charge in [0.05, 0.1) is 12.3 Å². The van der Waals surface area contributed by atoms with Crippen LogP contribution in [0.15, 0.2) is 36.4 Å². The van der Waals surface area contributed by atoms with E-state index in [1.807, 2.05) is 37.6 Å². The van der Waals surface area contributed by atoms with Gasteiger partial charge >= 0.3 is 0 Å². The van der Waals surface area contributed by atoms with Crippen molar-refractivity contribution in [2.45, 2.75) is 64.3 Å². The molecule has 27 heavy (non-hydrogen) atoms. The lowest BCUT2D eigenvalue weighted by molar-refractivity contribution is 0.0971. The van der Waals surface area contributed by atoms with E-state index in [0.29, 0.717) is 12.8 Å². The molecule has 0 aliphatic heterocycles. The predicted molar refractivity (Wildman–Crippen MR) is 111 cm³/mol. The molecule has 1 atom stereocenters. The molecule has 0 spiro atoms. The lowest BCUT2D eigenvalue weighted by atomic mass is 9.91. The first-order valence-electron chi connectivity index (χ1n) is 10.0. The van der Waals surface area contributed by atoms with Crippen LogP contribution in [0.4, 0.5) is 0 Å². The molecule has 0 aliphatic carbocycles. The largest absolute Gasteiger partial charge is 0.394 e. The third kappa shape index (κ3) is 5.78. The van der Waals surface area contributed by atoms with Gasteiger partial charge in [0.1, 0.15) is 0 Å². The quantitative estimate of drug-likeness (QED) is 0.465. The van der Waals surface area contributed by atoms with Crippen LogP contribution in [0, 0.1) is 6.92 Å². The first kappa shape index (κ1) is 21.4. The lowest BCUT2D eigenvalue weighted by Gasteiger charge is -2.25. The van der Waals surface area contributed by atoms with Gasteiger partial charge in [-0.3, -0.25) is 4.79 Å². The molecule has 0 bridgehead atoms. The van der Waals surface area contributed by atoms with Crippen molar-refractivity contribution < 1.29 is 9.90 Å². The highest BCUT2D eigenvalue weighted by molar-refractivity contribution is 5.95. The Morgan fingerprint density at radius 2 is 1.89 bits per heavy atom. The first-order valence-corrected chi connectivity index (χ1v) is 10.0. The molecule has 4 heteroatoms. The number of aliphatic hydroxyl groups is 1. The summed E-state index contributed by atoms with van der Waals surface area (Å²) in [6.07, 6.45) is 5.74. The van der Waals surface area contributed by atoms with E-state index in [4.69, 9.17) is 5.73 Å². The van der Waals surface area contributed by atoms with Gasteiger partial charge in [-0.1, -0.05) is 37.3 Å². The molecule has 0 radical (unpaired) electrons. The molecular weight excluding hydrogens is 336 g/mol. The van der Waals surface area contributed by atoms with Crippen LogP contribution in [0.3, 0.4) is 0 Å². The summed E-state index contributed by atoms with van der Waals surface area (Å²) < 4.78 is 2.02. The maximum atomic E-state index is 12.7. The van der Waals surface area contributed by atoms with Gasteiger partial charge in [-0.05, 0) is 62.6 Å². The topological polar surface area (TPSA) is 68.2 Å². The maximum absolute atomic E-state index is 12.7. The molecule has 148 valence electrons. The van der Waals surface area contributed by atoms with Gasteiger partial charge in [-0.25, -0.2) is 0 Å². The van der Waals surface area contributed by atoms with Gasteiger partial charge in [-0.15, -0.1) is 0 Å². The number of Topliss-reactive ketones (excluding diaryl/α,β-unsaturated/α-hetero) is 1. The van der Waals surface area contributed by atoms with Gasteiger partial charge in [0, 0.05) is 24.7 Å². The number of nitrogens with zero attached hydrogens (tertiary/aromatic N) is 1. The van der Waals surface area contributed by atoms with Crippen molar-refractivity contribution in [2.24, 2.45) is 12.8 Å². The van der Waals surface area contributed by atoms with E-state index in [9.17, 15) is 9.90 Å². The number of hydrogen-bond acceptors (Lipinski definition) is 3. The third-order valence-electron chi connectivity index (χ3n) is 5.70. The van der Waals surface area contributed by atoms with Crippen molar-refractivity contribution in [3.05, 3.63) is 58.9 Å². The Labute approximate surface area is 163 Å². The number of nitrogens with two attached hydrogens (primary N) is 1. The molecular formula is C23H34N2O2. The van der Waals surface area contributed by atoms with Gasteiger partial charge in [0.2, 0.25) is 0 Å². The summed E-state index contributed by atoms with van der Waals surface area (Å²) in [5.74, 6) is 0.205. The third-order valence-corrected chi connectivity index (χ3v) is 5.70. The van der Waals surface area contributed by atoms with Crippen LogP contribution >= 0.6 is 0 Å². The van der Waals surface area contributed by atoms with Crippen LogP contribution in [0.25, 0.3) is 0 Å². The molecule has 1 aromatic heterocycles. The van der Waals surface area contributed by atoms with E-state index >= 15 is 0 Å². The minimum absolute atomic E-state index is 0.0137. The normalized spacial score (nSPS) is 13.5. The highest BCUT2D eigenvalue weighted by Crippen LogP contribution is 2.22. The number of carbonyl (C=O) groups excluding carboxylic acids is 1. The van der Waals surface area contributed by atoms with Gasteiger partial charge in [-0.2, -0.15) is 0 Å². The van der Waals surface area contributed by atoms with Crippen molar-refractivity contribution in [2.75, 3.05) is 6.61 Å². The number of benzene rings is 1. The van der Waals surface area contributed by atoms with Crippen LogP contribution in [0.1, 0.15) is 66.3 Å². The SMILES string of the molecule is CCC(N)(CO)CCc1c(C)cc(C(=O)CCCCc2ccccc2)n1C. The summed E-state index contributed by atoms with van der Waals surface area (Å²) in [7, 11) is 1.96. The van der Waals surface area contributed by atoms with Crippen molar-refractivity contribution in [3.8, 4) is 0 Å². The van der Waals surface area contributed by atoms with Crippen molar-refractivity contribution in [3.63, 3.8) is 0 Å². The Morgan fingerprint density at radius 3 is 2.52 bits per heavy atom. The minimum atomic E-state index is -0.543. The molecule has 1 unspecified atom stereocenters. The Kier molecular flexibility index (Phi) is 7.81. The summed E-state index contributed by atoms with van der Waals surface area (Å²) >= 11 is 0. The summed E-state index contributed by atoms with van der Waals surface area (Å²) in [6.45, 7) is 4.03. The smallest absolute Gasteiger partial charge is 0.179 e. The monoisotopic (exact) mass is 370 g/mol. The van der Waals surface area contributed by atoms with Crippen molar-refractivity contribution >= 4 is 5.78 Å². The van der Waals surface area contributed by atoms with E-state index in [-0.39, 0.29) is 12.4 Å². The minimum Gasteiger partial charge on any atom is -0.394 e. The second-order valence-corrected chi connectivity index (χ2v) is 7.71. The molecule has 0 aliphatic rings. The Balaban J connectivity index is 1.91. The van der Waals surface area contributed by atoms with Gasteiger partial charge < -0.3 is 15.4 Å². The molecule has 2 rings (SSSR count). The lowest BCUT2D eigenvalue weighted by Crippen LogP contribution is -2.43. The molecule has 0 saturated carbocycles. The maximum Gasteiger partial charge on any atom is 0.179 e. The molecule has 0 saturated heterocycles. The zero-order valence-electron chi connectivity index (χ0n) is 17.0. The first-order chi connectivity index (χ1) is 12.9. The second-order valence-electron chi connectivity index (χ2n) is 7.71. The number of carbonyl (C=O) groups is 1. The second kappa shape index (κ2) is 9.86. The van der Waals surface area contributed by atoms with E-state index in [0.717, 1.165) is 49.1 Å². The number of rotatable bonds is 11. The molecule has 1 heterocycles. The van der Waals surface area contributed by atoms with Gasteiger partial charge in [0.25, 0.3) is 0 Å². The summed E-state index contributed by atoms with van der Waals surface area (Å²) in [4.78, 5) is 12.7. The Hall–Kier alpha value is -1.91. The van der Waals surface area contributed by atoms with Crippen molar-refractivity contribution in [1.29, 1.82) is 0 Å². The Bertz CT molecular complexity index is 730. The van der Waals surface area contributed by atoms with E-state index in [1.165, 1.54) is 5.56 Å². The van der Waals surface area contributed by atoms with E-state index in [2.05, 4.69) is 24.3 Å². The number of ketones is 1. The fourth-order valence-corrected chi connectivity index (χ4v) is 3.55. The number of unbranched alkanes of at least 4 members (excludes halogenated alkanes) is 1. The van der Waals surface area contributed by atoms with Crippen LogP contribution in [0.5, 0.6) is 0 Å². The number of aromatic nitrogens is 1. The van der Waals surface area contributed by atoms with E-state index in [1.54, 1.807) is 0 Å². The zero-order valence-corrected chi connectivity index (χ0v) is 17.0. The van der Waals surface area contributed by atoms with Crippen LogP contribution in [-0.2, 0) is 19.9 Å². The number of hydrogen-bond donors (Lipinski definition) is 2. The molecule has 1 aromatic carbocycles. The van der Waals surface area contributed by atoms with Crippen LogP contribution in [0.2, 0.25) is 0 Å². The molecule has 0 amide bonds. The van der Waals surface area contributed by atoms with Gasteiger partial charge in [0.15, 0.2) is 5.78 Å². The highest BCUT2D eigenvalue weighted by Gasteiger charge is 2.23. The van der Waals surface area contributed by atoms with Crippen LogP contribution < -0.4 is 5.73 Å². The molecule has 2 aromatic rings. The predicted octanol–water partition coefficient (Wildman–Crippen LogP) is 3.96. The van der Waals surface area contributed by atoms with E-state index < -0.39 is 5.54 Å². The number of aliphatic hydroxyl groups excluding tert-OH is 1. The summed E-state index contributed by atoms with van der Waals surface area (Å²) in [5, 5.41) is 9.51. The Morgan fingerprint density at radius 1 is 1.19 bits per heavy atom. The summed E-state index contributed by atoms with van der Waals surface area (Å²) in [5.41, 5.74) is 10.0. The van der Waals surface area contributed by atoms with Crippen molar-refractivity contribution in [1.82, 2.24) is 4.57 Å². The fraction of sp³-hybridized carbons (Fsp3) is 0.522. The molecule has 3 N–H and O–H groups in total. The average Bonchev–Trinajstić information content (AvgIpc) is 2.98. The fourth-order valence-electron chi connectivity index (χ4n) is 3.55. The molecule has 4 nitrogen and oxygen atoms in total. The zero-order chi connectivity index (χ0) is 19.9. The van der Waals surface area contributed by atoms with Crippen LogP contribution in [-0.4, -0.2) is 27.6 Å².